The normalized spacial score (nSPS) is 13.5. The zero-order valence-corrected chi connectivity index (χ0v) is 50.8. The average Bonchev–Trinajstić information content (AvgIpc) is 1.54. The monoisotopic (exact) mass is 1170 g/mol. The highest BCUT2D eigenvalue weighted by Crippen LogP contribution is 2.59. The Morgan fingerprint density at radius 2 is 0.467 bits per heavy atom. The topological polar surface area (TPSA) is 0 Å². The van der Waals surface area contributed by atoms with E-state index in [0.717, 1.165) is 22.3 Å². The van der Waals surface area contributed by atoms with Crippen molar-refractivity contribution in [1.82, 2.24) is 0 Å². The summed E-state index contributed by atoms with van der Waals surface area (Å²) in [6.07, 6.45) is 4.73. The highest BCUT2D eigenvalue weighted by molar-refractivity contribution is 6.21. The number of hydrogen-bond donors (Lipinski definition) is 0. The molecule has 0 N–H and O–H groups in total. The molecule has 0 nitrogen and oxygen atoms in total. The quantitative estimate of drug-likeness (QED) is 0.0845. The van der Waals surface area contributed by atoms with E-state index in [0.29, 0.717) is 0 Å². The van der Waals surface area contributed by atoms with Gasteiger partial charge in [-0.15, -0.1) is 0 Å². The first-order valence-corrected chi connectivity index (χ1v) is 32.0. The van der Waals surface area contributed by atoms with Crippen LogP contribution >= 0.6 is 0 Å². The van der Waals surface area contributed by atoms with Gasteiger partial charge in [0.2, 0.25) is 0 Å². The molecule has 2 aliphatic rings. The average molecular weight is 1170 g/mol. The molecule has 0 heterocycles. The lowest BCUT2D eigenvalue weighted by Crippen LogP contribution is -2.28. The lowest BCUT2D eigenvalue weighted by atomic mass is 9.67. The zero-order valence-electron chi connectivity index (χ0n) is 50.8. The summed E-state index contributed by atoms with van der Waals surface area (Å²) in [4.78, 5) is 0. The minimum atomic E-state index is -0.512. The molecule has 0 aliphatic heterocycles. The minimum absolute atomic E-state index is 0.512. The van der Waals surface area contributed by atoms with E-state index in [2.05, 4.69) is 376 Å². The first kappa shape index (κ1) is 54.5. The van der Waals surface area contributed by atoms with Gasteiger partial charge in [-0.1, -0.05) is 352 Å². The first-order valence-electron chi connectivity index (χ1n) is 32.0. The van der Waals surface area contributed by atoms with E-state index >= 15 is 0 Å². The molecule has 0 bridgehead atoms. The maximum Gasteiger partial charge on any atom is 0.0713 e. The minimum Gasteiger partial charge on any atom is -0.0622 e. The fourth-order valence-electron chi connectivity index (χ4n) is 15.7. The molecule has 0 saturated carbocycles. The molecular formula is C92H62. The third-order valence-electron chi connectivity index (χ3n) is 19.7. The van der Waals surface area contributed by atoms with Gasteiger partial charge in [0.15, 0.2) is 0 Å². The van der Waals surface area contributed by atoms with Crippen molar-refractivity contribution in [3.8, 4) is 44.5 Å². The summed E-state index contributed by atoms with van der Waals surface area (Å²) in [5.74, 6) is 0. The largest absolute Gasteiger partial charge is 0.0713 e. The Morgan fingerprint density at radius 3 is 0.793 bits per heavy atom. The molecule has 0 fully saturated rings. The highest BCUT2D eigenvalue weighted by Gasteiger charge is 2.47. The maximum atomic E-state index is 2.49. The second kappa shape index (κ2) is 22.7. The van der Waals surface area contributed by atoms with Crippen LogP contribution in [0.4, 0.5) is 0 Å². The Morgan fingerprint density at radius 1 is 0.207 bits per heavy atom. The Bertz CT molecular complexity index is 4840. The summed E-state index contributed by atoms with van der Waals surface area (Å²) < 4.78 is 0. The molecule has 92 heavy (non-hydrogen) atoms. The van der Waals surface area contributed by atoms with Crippen LogP contribution in [0.3, 0.4) is 0 Å². The second-order valence-electron chi connectivity index (χ2n) is 24.5. The van der Waals surface area contributed by atoms with Crippen LogP contribution in [0.15, 0.2) is 364 Å². The molecule has 0 heteroatoms. The van der Waals surface area contributed by atoms with Crippen molar-refractivity contribution in [3.05, 3.63) is 442 Å². The van der Waals surface area contributed by atoms with Crippen molar-refractivity contribution < 1.29 is 0 Å². The van der Waals surface area contributed by atoms with E-state index in [1.54, 1.807) is 0 Å². The van der Waals surface area contributed by atoms with Crippen LogP contribution in [-0.2, 0) is 10.8 Å². The van der Waals surface area contributed by atoms with Gasteiger partial charge in [-0.05, 0) is 179 Å². The van der Waals surface area contributed by atoms with Crippen LogP contribution in [0, 0.1) is 0 Å². The SMILES string of the molecule is C(=C(c1ccc(-c2c3ccccc3c(-c3ccc(C(=Cc4ccccc4)c4ccc5c(c4)C(c4ccccc4)(c4ccccc4)c4ccccc4-5)cc3)c3ccccc23)cc1)c1ccc2c(c1)C(c1ccccc1)(c1ccccc1)c1ccccc1-2)c1ccccc1. The van der Waals surface area contributed by atoms with Gasteiger partial charge < -0.3 is 0 Å². The molecule has 0 amide bonds. The van der Waals surface area contributed by atoms with E-state index in [1.165, 1.54) is 133 Å². The summed E-state index contributed by atoms with van der Waals surface area (Å²) in [5.41, 5.74) is 28.4. The standard InChI is InChI=1S/C92H62/c1-7-27-63(28-8-1)59-83(69-55-57-77-75-39-23-25-45-85(75)91(87(77)61-69,71-31-11-3-12-32-71)72-33-13-4-14-34-72)65-47-51-67(52-48-65)89-79-41-19-21-43-81(79)90(82-44-22-20-42-80(82)89)68-53-49-66(50-54-68)84(60-64-29-9-2-10-30-64)70-56-58-78-76-40-24-26-46-86(76)92(88(78)62-70,73-35-15-5-16-36-73)74-37-17-6-18-38-74/h1-62H. The Hall–Kier alpha value is -11.7. The summed E-state index contributed by atoms with van der Waals surface area (Å²) in [6, 6.07) is 135. The molecule has 0 radical (unpaired) electrons. The Balaban J connectivity index is 0.777. The number of hydrogen-bond acceptors (Lipinski definition) is 0. The molecule has 0 saturated heterocycles. The van der Waals surface area contributed by atoms with Gasteiger partial charge >= 0.3 is 0 Å². The van der Waals surface area contributed by atoms with Gasteiger partial charge in [0.25, 0.3) is 0 Å². The van der Waals surface area contributed by atoms with E-state index in [1.807, 2.05) is 0 Å². The third-order valence-corrected chi connectivity index (χ3v) is 19.7. The predicted octanol–water partition coefficient (Wildman–Crippen LogP) is 23.2. The third kappa shape index (κ3) is 8.82. The zero-order chi connectivity index (χ0) is 61.0. The van der Waals surface area contributed by atoms with Gasteiger partial charge in [-0.3, -0.25) is 0 Å². The number of rotatable bonds is 12. The van der Waals surface area contributed by atoms with Crippen LogP contribution in [-0.4, -0.2) is 0 Å². The molecule has 0 atom stereocenters. The molecule has 0 unspecified atom stereocenters. The van der Waals surface area contributed by atoms with E-state index in [9.17, 15) is 0 Å². The summed E-state index contributed by atoms with van der Waals surface area (Å²) >= 11 is 0. The molecule has 430 valence electrons. The summed E-state index contributed by atoms with van der Waals surface area (Å²) in [5, 5.41) is 4.88. The molecule has 15 aromatic rings. The van der Waals surface area contributed by atoms with Gasteiger partial charge in [0.05, 0.1) is 10.8 Å². The predicted molar refractivity (Wildman–Crippen MR) is 387 cm³/mol. The maximum absolute atomic E-state index is 2.49. The lowest BCUT2D eigenvalue weighted by Gasteiger charge is -2.34. The fraction of sp³-hybridized carbons (Fsp3) is 0.0217. The van der Waals surface area contributed by atoms with Gasteiger partial charge in [-0.25, -0.2) is 0 Å². The summed E-state index contributed by atoms with van der Waals surface area (Å²) in [7, 11) is 0. The van der Waals surface area contributed by atoms with E-state index in [4.69, 9.17) is 0 Å². The van der Waals surface area contributed by atoms with Crippen molar-refractivity contribution >= 4 is 44.8 Å². The number of fused-ring (bicyclic) bond motifs is 8. The van der Waals surface area contributed by atoms with E-state index < -0.39 is 10.8 Å². The van der Waals surface area contributed by atoms with Crippen molar-refractivity contribution in [3.63, 3.8) is 0 Å². The molecule has 17 rings (SSSR count). The van der Waals surface area contributed by atoms with Gasteiger partial charge in [-0.2, -0.15) is 0 Å². The van der Waals surface area contributed by atoms with Crippen molar-refractivity contribution in [2.75, 3.05) is 0 Å². The van der Waals surface area contributed by atoms with Crippen LogP contribution < -0.4 is 0 Å². The smallest absolute Gasteiger partial charge is 0.0622 e. The van der Waals surface area contributed by atoms with Crippen LogP contribution in [0.2, 0.25) is 0 Å². The van der Waals surface area contributed by atoms with Crippen LogP contribution in [0.5, 0.6) is 0 Å². The number of benzene rings is 15. The van der Waals surface area contributed by atoms with Crippen molar-refractivity contribution in [1.29, 1.82) is 0 Å². The summed E-state index contributed by atoms with van der Waals surface area (Å²) in [6.45, 7) is 0. The van der Waals surface area contributed by atoms with E-state index in [-0.39, 0.29) is 0 Å². The lowest BCUT2D eigenvalue weighted by molar-refractivity contribution is 0.768. The molecule has 15 aromatic carbocycles. The molecule has 0 spiro atoms. The first-order chi connectivity index (χ1) is 45.6. The van der Waals surface area contributed by atoms with Crippen LogP contribution in [0.25, 0.3) is 89.4 Å². The Kier molecular flexibility index (Phi) is 13.4. The van der Waals surface area contributed by atoms with Crippen molar-refractivity contribution in [2.45, 2.75) is 10.8 Å². The van der Waals surface area contributed by atoms with Gasteiger partial charge in [0, 0.05) is 0 Å². The van der Waals surface area contributed by atoms with Crippen molar-refractivity contribution in [2.24, 2.45) is 0 Å². The molecule has 2 aliphatic carbocycles. The fourth-order valence-corrected chi connectivity index (χ4v) is 15.7. The Labute approximate surface area is 538 Å². The van der Waals surface area contributed by atoms with Crippen LogP contribution in [0.1, 0.15) is 77.9 Å². The molecule has 0 aromatic heterocycles. The van der Waals surface area contributed by atoms with Gasteiger partial charge in [0.1, 0.15) is 0 Å². The molecular weight excluding hydrogens is 1110 g/mol. The highest BCUT2D eigenvalue weighted by atomic mass is 14.5. The second-order valence-corrected chi connectivity index (χ2v) is 24.5.